The first kappa shape index (κ1) is 38.4. The Kier molecular flexibility index (Phi) is 8.50. The van der Waals surface area contributed by atoms with Gasteiger partial charge in [-0.05, 0) is 129 Å². The normalized spacial score (nSPS) is 14.2. The van der Waals surface area contributed by atoms with E-state index < -0.39 is 5.41 Å². The number of benzene rings is 11. The standard InChI is InChI=1S/C65H43N3/c1-5-22-45(23-6-1)66(50-37-39-55-54-33-17-20-36-61(54)68(62(55)43-50)48-28-11-4-12-29-48)49-38-40-60-56(42-49)52-31-15-18-34-58(52)65(60)59-35-19-16-32-53(59)57-41-44-21-13-14-30-51(44)64(63(57)65)67(46-24-7-2-8-25-46)47-26-9-3-10-27-47/h1-43H. The minimum absolute atomic E-state index is 0.620. The van der Waals surface area contributed by atoms with Crippen molar-refractivity contribution in [2.45, 2.75) is 5.41 Å². The molecule has 3 heteroatoms. The molecule has 14 rings (SSSR count). The van der Waals surface area contributed by atoms with Crippen LogP contribution in [-0.2, 0) is 5.41 Å². The first-order valence-corrected chi connectivity index (χ1v) is 23.5. The molecule has 0 aliphatic heterocycles. The summed E-state index contributed by atoms with van der Waals surface area (Å²) in [5.41, 5.74) is 19.9. The van der Waals surface area contributed by atoms with Crippen molar-refractivity contribution in [2.24, 2.45) is 0 Å². The van der Waals surface area contributed by atoms with E-state index in [1.54, 1.807) is 0 Å². The van der Waals surface area contributed by atoms with Gasteiger partial charge in [-0.2, -0.15) is 0 Å². The quantitative estimate of drug-likeness (QED) is 0.158. The number of nitrogens with zero attached hydrogens (tertiary/aromatic N) is 3. The van der Waals surface area contributed by atoms with Crippen LogP contribution in [0, 0.1) is 0 Å². The predicted molar refractivity (Wildman–Crippen MR) is 284 cm³/mol. The van der Waals surface area contributed by atoms with Crippen molar-refractivity contribution < 1.29 is 0 Å². The summed E-state index contributed by atoms with van der Waals surface area (Å²) in [6.07, 6.45) is 0. The number of aromatic nitrogens is 1. The van der Waals surface area contributed by atoms with Crippen molar-refractivity contribution >= 4 is 66.7 Å². The largest absolute Gasteiger partial charge is 0.310 e. The van der Waals surface area contributed by atoms with Gasteiger partial charge < -0.3 is 14.4 Å². The average Bonchev–Trinajstić information content (AvgIpc) is 4.01. The maximum absolute atomic E-state index is 2.51. The second-order valence-corrected chi connectivity index (χ2v) is 18.0. The van der Waals surface area contributed by atoms with Gasteiger partial charge in [-0.1, -0.05) is 176 Å². The molecule has 1 unspecified atom stereocenters. The summed E-state index contributed by atoms with van der Waals surface area (Å²) in [7, 11) is 0. The first-order valence-electron chi connectivity index (χ1n) is 23.5. The molecule has 12 aromatic rings. The van der Waals surface area contributed by atoms with Crippen LogP contribution in [0.15, 0.2) is 261 Å². The van der Waals surface area contributed by atoms with Gasteiger partial charge in [0, 0.05) is 55.8 Å². The predicted octanol–water partition coefficient (Wildman–Crippen LogP) is 17.2. The lowest BCUT2D eigenvalue weighted by Crippen LogP contribution is -2.28. The molecule has 3 nitrogen and oxygen atoms in total. The Labute approximate surface area is 395 Å². The fraction of sp³-hybridized carbons (Fsp3) is 0.0154. The topological polar surface area (TPSA) is 11.4 Å². The molecule has 2 aliphatic rings. The van der Waals surface area contributed by atoms with Gasteiger partial charge in [0.1, 0.15) is 0 Å². The molecule has 0 saturated heterocycles. The maximum atomic E-state index is 2.51. The molecule has 2 aliphatic carbocycles. The van der Waals surface area contributed by atoms with Gasteiger partial charge in [0.05, 0.1) is 22.1 Å². The molecule has 68 heavy (non-hydrogen) atoms. The number of hydrogen-bond acceptors (Lipinski definition) is 2. The summed E-state index contributed by atoms with van der Waals surface area (Å²) in [5.74, 6) is 0. The molecule has 11 aromatic carbocycles. The number of anilines is 6. The monoisotopic (exact) mass is 865 g/mol. The molecular formula is C65H43N3. The zero-order valence-electron chi connectivity index (χ0n) is 37.2. The third-order valence-electron chi connectivity index (χ3n) is 14.5. The van der Waals surface area contributed by atoms with Crippen LogP contribution in [0.1, 0.15) is 22.3 Å². The fourth-order valence-electron chi connectivity index (χ4n) is 11.8. The zero-order valence-corrected chi connectivity index (χ0v) is 37.2. The van der Waals surface area contributed by atoms with E-state index in [1.165, 1.54) is 82.8 Å². The van der Waals surface area contributed by atoms with Crippen molar-refractivity contribution in [1.82, 2.24) is 4.57 Å². The Morgan fingerprint density at radius 2 is 0.779 bits per heavy atom. The molecule has 0 saturated carbocycles. The van der Waals surface area contributed by atoms with Crippen LogP contribution in [-0.4, -0.2) is 4.57 Å². The highest BCUT2D eigenvalue weighted by atomic mass is 15.2. The number of rotatable bonds is 7. The van der Waals surface area contributed by atoms with Gasteiger partial charge in [0.2, 0.25) is 0 Å². The van der Waals surface area contributed by atoms with Crippen LogP contribution < -0.4 is 9.80 Å². The maximum Gasteiger partial charge on any atom is 0.0746 e. The summed E-state index contributed by atoms with van der Waals surface area (Å²) in [4.78, 5) is 4.94. The molecule has 1 heterocycles. The summed E-state index contributed by atoms with van der Waals surface area (Å²) in [5, 5.41) is 4.90. The van der Waals surface area contributed by atoms with E-state index >= 15 is 0 Å². The Morgan fingerprint density at radius 1 is 0.294 bits per heavy atom. The highest BCUT2D eigenvalue weighted by Gasteiger charge is 2.54. The minimum atomic E-state index is -0.620. The van der Waals surface area contributed by atoms with Crippen LogP contribution in [0.2, 0.25) is 0 Å². The molecule has 1 spiro atoms. The van der Waals surface area contributed by atoms with Crippen LogP contribution in [0.4, 0.5) is 34.1 Å². The molecule has 0 fully saturated rings. The van der Waals surface area contributed by atoms with Crippen molar-refractivity contribution in [3.05, 3.63) is 283 Å². The van der Waals surface area contributed by atoms with Crippen molar-refractivity contribution in [2.75, 3.05) is 9.80 Å². The van der Waals surface area contributed by atoms with Crippen molar-refractivity contribution in [3.8, 4) is 27.9 Å². The lowest BCUT2D eigenvalue weighted by molar-refractivity contribution is 0.794. The summed E-state index contributed by atoms with van der Waals surface area (Å²) >= 11 is 0. The highest BCUT2D eigenvalue weighted by Crippen LogP contribution is 2.67. The van der Waals surface area contributed by atoms with E-state index in [0.717, 1.165) is 34.1 Å². The van der Waals surface area contributed by atoms with Crippen molar-refractivity contribution in [1.29, 1.82) is 0 Å². The smallest absolute Gasteiger partial charge is 0.0746 e. The number of para-hydroxylation sites is 5. The van der Waals surface area contributed by atoms with Crippen LogP contribution in [0.3, 0.4) is 0 Å². The van der Waals surface area contributed by atoms with E-state index in [9.17, 15) is 0 Å². The Morgan fingerprint density at radius 3 is 1.46 bits per heavy atom. The van der Waals surface area contributed by atoms with Crippen LogP contribution in [0.25, 0.3) is 60.5 Å². The van der Waals surface area contributed by atoms with Gasteiger partial charge in [0.25, 0.3) is 0 Å². The van der Waals surface area contributed by atoms with Gasteiger partial charge in [0.15, 0.2) is 0 Å². The van der Waals surface area contributed by atoms with Gasteiger partial charge in [-0.3, -0.25) is 0 Å². The molecule has 0 radical (unpaired) electrons. The third kappa shape index (κ3) is 5.47. The second kappa shape index (κ2) is 15.1. The summed E-state index contributed by atoms with van der Waals surface area (Å²) in [6, 6.07) is 96.1. The van der Waals surface area contributed by atoms with Gasteiger partial charge >= 0.3 is 0 Å². The molecule has 1 aromatic heterocycles. The lowest BCUT2D eigenvalue weighted by Gasteiger charge is -2.36. The fourth-order valence-corrected chi connectivity index (χ4v) is 11.8. The average molecular weight is 866 g/mol. The zero-order chi connectivity index (χ0) is 44.8. The molecular weight excluding hydrogens is 823 g/mol. The Hall–Kier alpha value is -8.92. The second-order valence-electron chi connectivity index (χ2n) is 18.0. The summed E-state index contributed by atoms with van der Waals surface area (Å²) < 4.78 is 2.41. The van der Waals surface area contributed by atoms with Crippen LogP contribution in [0.5, 0.6) is 0 Å². The molecule has 0 bridgehead atoms. The van der Waals surface area contributed by atoms with Gasteiger partial charge in [-0.15, -0.1) is 0 Å². The number of hydrogen-bond donors (Lipinski definition) is 0. The minimum Gasteiger partial charge on any atom is -0.310 e. The molecule has 0 amide bonds. The first-order chi connectivity index (χ1) is 33.8. The van der Waals surface area contributed by atoms with E-state index in [4.69, 9.17) is 0 Å². The van der Waals surface area contributed by atoms with E-state index in [-0.39, 0.29) is 0 Å². The van der Waals surface area contributed by atoms with E-state index in [0.29, 0.717) is 0 Å². The SMILES string of the molecule is c1ccc(N(c2ccc3c(c2)-c2ccccc2C32c3ccccc3-c3cc4ccccc4c(N(c4ccccc4)c4ccccc4)c32)c2ccc3c4ccccc4n(-c4ccccc4)c3c2)cc1. The number of fused-ring (bicyclic) bond motifs is 14. The third-order valence-corrected chi connectivity index (χ3v) is 14.5. The lowest BCUT2D eigenvalue weighted by atomic mass is 9.69. The van der Waals surface area contributed by atoms with Gasteiger partial charge in [-0.25, -0.2) is 0 Å². The summed E-state index contributed by atoms with van der Waals surface area (Å²) in [6.45, 7) is 0. The highest BCUT2D eigenvalue weighted by molar-refractivity contribution is 6.12. The van der Waals surface area contributed by atoms with Crippen molar-refractivity contribution in [3.63, 3.8) is 0 Å². The Bertz CT molecular complexity index is 3870. The molecule has 1 atom stereocenters. The van der Waals surface area contributed by atoms with Crippen LogP contribution >= 0.6 is 0 Å². The molecule has 0 N–H and O–H groups in total. The van der Waals surface area contributed by atoms with E-state index in [1.807, 2.05) is 0 Å². The molecule has 318 valence electrons. The van der Waals surface area contributed by atoms with E-state index in [2.05, 4.69) is 275 Å². The Balaban J connectivity index is 1.05.